The van der Waals surface area contributed by atoms with Gasteiger partial charge in [-0.15, -0.1) is 0 Å². The summed E-state index contributed by atoms with van der Waals surface area (Å²) in [5, 5.41) is 0. The molecule has 0 spiro atoms. The molecule has 0 saturated heterocycles. The number of benzene rings is 1. The molecule has 0 aliphatic rings. The zero-order valence-corrected chi connectivity index (χ0v) is 9.03. The molecule has 5 heteroatoms. The molecule has 0 aliphatic carbocycles. The van der Waals surface area contributed by atoms with Crippen molar-refractivity contribution in [3.63, 3.8) is 0 Å². The summed E-state index contributed by atoms with van der Waals surface area (Å²) in [5.41, 5.74) is -0.639. The summed E-state index contributed by atoms with van der Waals surface area (Å²) in [6.07, 6.45) is -4.26. The van der Waals surface area contributed by atoms with Gasteiger partial charge in [0, 0.05) is 27.5 Å². The number of halogens is 4. The predicted molar refractivity (Wildman–Crippen MR) is 44.9 cm³/mol. The summed E-state index contributed by atoms with van der Waals surface area (Å²) in [4.78, 5) is 0. The maximum absolute atomic E-state index is 12.0. The van der Waals surface area contributed by atoms with Gasteiger partial charge >= 0.3 is 6.18 Å². The van der Waals surface area contributed by atoms with Gasteiger partial charge in [0.05, 0.1) is 5.56 Å². The molecule has 0 heterocycles. The molecule has 0 aromatic heterocycles. The van der Waals surface area contributed by atoms with E-state index in [0.717, 1.165) is 6.07 Å². The van der Waals surface area contributed by atoms with Crippen LogP contribution in [0.5, 0.6) is 0 Å². The summed E-state index contributed by atoms with van der Waals surface area (Å²) in [6.45, 7) is 0. The van der Waals surface area contributed by atoms with E-state index in [0.29, 0.717) is 0 Å². The van der Waals surface area contributed by atoms with Crippen LogP contribution in [0.3, 0.4) is 0 Å². The van der Waals surface area contributed by atoms with Crippen LogP contribution >= 0.6 is 15.9 Å². The quantitative estimate of drug-likeness (QED) is 0.620. The zero-order valence-electron chi connectivity index (χ0n) is 6.03. The van der Waals surface area contributed by atoms with Crippen LogP contribution in [-0.2, 0) is 6.18 Å². The Labute approximate surface area is 92.4 Å². The van der Waals surface area contributed by atoms with Gasteiger partial charge in [0.2, 0.25) is 0 Å². The van der Waals surface area contributed by atoms with Crippen LogP contribution in [0.1, 0.15) is 5.56 Å². The van der Waals surface area contributed by atoms with E-state index in [1.165, 1.54) is 12.1 Å². The fourth-order valence-electron chi connectivity index (χ4n) is 0.691. The average Bonchev–Trinajstić information content (AvgIpc) is 1.86. The highest BCUT2D eigenvalue weighted by molar-refractivity contribution is 9.10. The van der Waals surface area contributed by atoms with E-state index < -0.39 is 11.7 Å². The Morgan fingerprint density at radius 1 is 1.08 bits per heavy atom. The first-order valence-electron chi connectivity index (χ1n) is 2.83. The standard InChI is InChI=1S/C7H4BrF3.Mg/c8-6-4-2-1-3-5(6)7(9,10)11;/h1-4H;. The Kier molecular flexibility index (Phi) is 4.58. The number of alkyl halides is 3. The van der Waals surface area contributed by atoms with E-state index in [1.54, 1.807) is 6.07 Å². The summed E-state index contributed by atoms with van der Waals surface area (Å²) in [5.74, 6) is 0. The van der Waals surface area contributed by atoms with E-state index in [4.69, 9.17) is 0 Å². The largest absolute Gasteiger partial charge is 0.417 e. The molecule has 0 aliphatic heterocycles. The van der Waals surface area contributed by atoms with Gasteiger partial charge in [0.25, 0.3) is 0 Å². The molecule has 12 heavy (non-hydrogen) atoms. The molecule has 0 unspecified atom stereocenters. The average molecular weight is 249 g/mol. The maximum atomic E-state index is 12.0. The SMILES string of the molecule is FC(F)(F)c1ccccc1Br.[Mg]. The highest BCUT2D eigenvalue weighted by Crippen LogP contribution is 2.34. The van der Waals surface area contributed by atoms with Crippen LogP contribution in [0.4, 0.5) is 13.2 Å². The molecule has 1 aromatic carbocycles. The van der Waals surface area contributed by atoms with Gasteiger partial charge in [0.15, 0.2) is 0 Å². The van der Waals surface area contributed by atoms with Crippen LogP contribution in [0.2, 0.25) is 0 Å². The molecule has 0 N–H and O–H groups in total. The van der Waals surface area contributed by atoms with E-state index >= 15 is 0 Å². The third-order valence-electron chi connectivity index (χ3n) is 1.18. The Morgan fingerprint density at radius 2 is 1.58 bits per heavy atom. The normalized spacial score (nSPS) is 10.7. The summed E-state index contributed by atoms with van der Waals surface area (Å²) >= 11 is 2.81. The molecule has 0 nitrogen and oxygen atoms in total. The molecule has 62 valence electrons. The lowest BCUT2D eigenvalue weighted by Crippen LogP contribution is -2.05. The lowest BCUT2D eigenvalue weighted by molar-refractivity contribution is -0.138. The monoisotopic (exact) mass is 248 g/mol. The van der Waals surface area contributed by atoms with Crippen LogP contribution in [0.25, 0.3) is 0 Å². The molecular weight excluding hydrogens is 245 g/mol. The zero-order chi connectivity index (χ0) is 8.48. The first-order chi connectivity index (χ1) is 5.02. The van der Waals surface area contributed by atoms with Crippen LogP contribution in [0.15, 0.2) is 28.7 Å². The third kappa shape index (κ3) is 2.95. The van der Waals surface area contributed by atoms with Crippen molar-refractivity contribution in [3.05, 3.63) is 34.3 Å². The Hall–Kier alpha value is 0.256. The first kappa shape index (κ1) is 12.3. The minimum Gasteiger partial charge on any atom is -0.166 e. The van der Waals surface area contributed by atoms with Gasteiger partial charge in [-0.2, -0.15) is 13.2 Å². The van der Waals surface area contributed by atoms with Crippen LogP contribution in [0, 0.1) is 0 Å². The topological polar surface area (TPSA) is 0 Å². The van der Waals surface area contributed by atoms with E-state index in [2.05, 4.69) is 15.9 Å². The second-order valence-electron chi connectivity index (χ2n) is 1.98. The Balaban J connectivity index is 0.00000121. The van der Waals surface area contributed by atoms with Crippen molar-refractivity contribution in [1.29, 1.82) is 0 Å². The van der Waals surface area contributed by atoms with Crippen molar-refractivity contribution in [2.75, 3.05) is 0 Å². The fraction of sp³-hybridized carbons (Fsp3) is 0.143. The molecule has 1 rings (SSSR count). The van der Waals surface area contributed by atoms with Crippen molar-refractivity contribution in [3.8, 4) is 0 Å². The van der Waals surface area contributed by atoms with Crippen molar-refractivity contribution >= 4 is 39.0 Å². The van der Waals surface area contributed by atoms with Crippen molar-refractivity contribution in [2.45, 2.75) is 6.18 Å². The smallest absolute Gasteiger partial charge is 0.166 e. The van der Waals surface area contributed by atoms with Gasteiger partial charge in [0.1, 0.15) is 0 Å². The molecule has 0 fully saturated rings. The van der Waals surface area contributed by atoms with Gasteiger partial charge in [-0.3, -0.25) is 0 Å². The lowest BCUT2D eigenvalue weighted by Gasteiger charge is -2.07. The van der Waals surface area contributed by atoms with Gasteiger partial charge in [-0.25, -0.2) is 0 Å². The van der Waals surface area contributed by atoms with E-state index in [9.17, 15) is 13.2 Å². The molecule has 0 atom stereocenters. The Morgan fingerprint density at radius 3 is 1.92 bits per heavy atom. The van der Waals surface area contributed by atoms with Crippen LogP contribution in [-0.4, -0.2) is 23.1 Å². The van der Waals surface area contributed by atoms with Crippen molar-refractivity contribution < 1.29 is 13.2 Å². The summed E-state index contributed by atoms with van der Waals surface area (Å²) in [6, 6.07) is 5.29. The minimum atomic E-state index is -4.26. The predicted octanol–water partition coefficient (Wildman–Crippen LogP) is 3.09. The number of rotatable bonds is 0. The summed E-state index contributed by atoms with van der Waals surface area (Å²) < 4.78 is 36.1. The molecule has 1 aromatic rings. The molecule has 0 amide bonds. The Bertz CT molecular complexity index is 259. The lowest BCUT2D eigenvalue weighted by atomic mass is 10.2. The molecular formula is C7H4BrF3Mg. The highest BCUT2D eigenvalue weighted by Gasteiger charge is 2.32. The van der Waals surface area contributed by atoms with E-state index in [1.807, 2.05) is 0 Å². The number of hydrogen-bond acceptors (Lipinski definition) is 0. The van der Waals surface area contributed by atoms with Gasteiger partial charge < -0.3 is 0 Å². The van der Waals surface area contributed by atoms with Crippen molar-refractivity contribution in [1.82, 2.24) is 0 Å². The molecule has 0 saturated carbocycles. The highest BCUT2D eigenvalue weighted by atomic mass is 79.9. The van der Waals surface area contributed by atoms with Crippen molar-refractivity contribution in [2.24, 2.45) is 0 Å². The maximum Gasteiger partial charge on any atom is 0.417 e. The van der Waals surface area contributed by atoms with E-state index in [-0.39, 0.29) is 27.5 Å². The molecule has 2 radical (unpaired) electrons. The van der Waals surface area contributed by atoms with Gasteiger partial charge in [-0.05, 0) is 12.1 Å². The second-order valence-corrected chi connectivity index (χ2v) is 2.83. The molecule has 0 bridgehead atoms. The number of hydrogen-bond donors (Lipinski definition) is 0. The summed E-state index contributed by atoms with van der Waals surface area (Å²) in [7, 11) is 0. The second kappa shape index (κ2) is 4.48. The van der Waals surface area contributed by atoms with Gasteiger partial charge in [-0.1, -0.05) is 28.1 Å². The fourth-order valence-corrected chi connectivity index (χ4v) is 1.20. The minimum absolute atomic E-state index is 0. The van der Waals surface area contributed by atoms with Crippen LogP contribution < -0.4 is 0 Å². The first-order valence-corrected chi connectivity index (χ1v) is 3.63. The third-order valence-corrected chi connectivity index (χ3v) is 1.87.